The van der Waals surface area contributed by atoms with Crippen LogP contribution in [0.2, 0.25) is 0 Å². The Morgan fingerprint density at radius 1 is 1.60 bits per heavy atom. The predicted octanol–water partition coefficient (Wildman–Crippen LogP) is 0.643. The molecule has 5 heteroatoms. The van der Waals surface area contributed by atoms with E-state index in [0.29, 0.717) is 18.9 Å². The third kappa shape index (κ3) is 10.0. The van der Waals surface area contributed by atoms with Crippen LogP contribution in [0.5, 0.6) is 0 Å². The van der Waals surface area contributed by atoms with Crippen molar-refractivity contribution in [3.05, 3.63) is 0 Å². The third-order valence-electron chi connectivity index (χ3n) is 1.82. The molecule has 4 nitrogen and oxygen atoms in total. The highest BCUT2D eigenvalue weighted by Gasteiger charge is 2.05. The van der Waals surface area contributed by atoms with Crippen molar-refractivity contribution >= 4 is 17.7 Å². The summed E-state index contributed by atoms with van der Waals surface area (Å²) in [6, 6.07) is 0. The molecule has 0 spiro atoms. The van der Waals surface area contributed by atoms with E-state index in [9.17, 15) is 9.90 Å². The molecule has 0 aromatic rings. The molecule has 2 N–H and O–H groups in total. The monoisotopic (exact) mass is 235 g/mol. The number of aliphatic hydroxyl groups is 1. The van der Waals surface area contributed by atoms with E-state index in [2.05, 4.69) is 5.32 Å². The molecule has 0 bridgehead atoms. The van der Waals surface area contributed by atoms with E-state index in [4.69, 9.17) is 4.74 Å². The maximum absolute atomic E-state index is 11.2. The number of carbonyl (C=O) groups is 1. The quantitative estimate of drug-likeness (QED) is 0.576. The van der Waals surface area contributed by atoms with Crippen molar-refractivity contribution in [2.75, 3.05) is 31.8 Å². The summed E-state index contributed by atoms with van der Waals surface area (Å²) < 4.78 is 4.86. The first-order chi connectivity index (χ1) is 7.20. The minimum Gasteiger partial charge on any atom is -0.391 e. The van der Waals surface area contributed by atoms with Gasteiger partial charge < -0.3 is 15.2 Å². The highest BCUT2D eigenvalue weighted by atomic mass is 32.2. The topological polar surface area (TPSA) is 58.6 Å². The molecule has 1 atom stereocenters. The SMILES string of the molecule is CCCC(O)CNC(=O)CSCCOC. The molecule has 0 saturated heterocycles. The molecule has 1 unspecified atom stereocenters. The lowest BCUT2D eigenvalue weighted by Gasteiger charge is -2.10. The molecule has 0 aliphatic carbocycles. The predicted molar refractivity (Wildman–Crippen MR) is 63.1 cm³/mol. The molecular formula is C10H21NO3S. The maximum Gasteiger partial charge on any atom is 0.230 e. The Hall–Kier alpha value is -0.260. The van der Waals surface area contributed by atoms with Gasteiger partial charge in [-0.05, 0) is 6.42 Å². The van der Waals surface area contributed by atoms with Gasteiger partial charge in [-0.25, -0.2) is 0 Å². The lowest BCUT2D eigenvalue weighted by Crippen LogP contribution is -2.33. The normalized spacial score (nSPS) is 12.5. The number of aliphatic hydroxyl groups excluding tert-OH is 1. The molecule has 0 aromatic carbocycles. The number of thioether (sulfide) groups is 1. The van der Waals surface area contributed by atoms with Gasteiger partial charge in [0, 0.05) is 19.4 Å². The summed E-state index contributed by atoms with van der Waals surface area (Å²) in [7, 11) is 1.64. The van der Waals surface area contributed by atoms with Gasteiger partial charge in [0.1, 0.15) is 0 Å². The Labute approximate surface area is 95.8 Å². The lowest BCUT2D eigenvalue weighted by atomic mass is 10.2. The molecule has 0 aromatic heterocycles. The Bertz CT molecular complexity index is 167. The van der Waals surface area contributed by atoms with Crippen LogP contribution in [0.4, 0.5) is 0 Å². The molecule has 90 valence electrons. The molecule has 0 fully saturated rings. The van der Waals surface area contributed by atoms with E-state index < -0.39 is 6.10 Å². The summed E-state index contributed by atoms with van der Waals surface area (Å²) in [4.78, 5) is 11.2. The number of carbonyl (C=O) groups excluding carboxylic acids is 1. The number of nitrogens with one attached hydrogen (secondary N) is 1. The molecule has 0 aliphatic rings. The second-order valence-electron chi connectivity index (χ2n) is 3.29. The van der Waals surface area contributed by atoms with E-state index in [1.807, 2.05) is 6.92 Å². The van der Waals surface area contributed by atoms with Crippen molar-refractivity contribution in [2.24, 2.45) is 0 Å². The van der Waals surface area contributed by atoms with Gasteiger partial charge in [0.2, 0.25) is 5.91 Å². The van der Waals surface area contributed by atoms with Crippen molar-refractivity contribution < 1.29 is 14.6 Å². The van der Waals surface area contributed by atoms with Crippen molar-refractivity contribution in [1.82, 2.24) is 5.32 Å². The minimum absolute atomic E-state index is 0.0220. The summed E-state index contributed by atoms with van der Waals surface area (Å²) in [5.74, 6) is 1.23. The van der Waals surface area contributed by atoms with Crippen LogP contribution in [-0.4, -0.2) is 48.9 Å². The average molecular weight is 235 g/mol. The van der Waals surface area contributed by atoms with Crippen LogP contribution in [0.1, 0.15) is 19.8 Å². The minimum atomic E-state index is -0.414. The Morgan fingerprint density at radius 2 is 2.33 bits per heavy atom. The zero-order chi connectivity index (χ0) is 11.5. The molecule has 0 rings (SSSR count). The van der Waals surface area contributed by atoms with Crippen LogP contribution in [-0.2, 0) is 9.53 Å². The van der Waals surface area contributed by atoms with Gasteiger partial charge >= 0.3 is 0 Å². The highest BCUT2D eigenvalue weighted by molar-refractivity contribution is 7.99. The van der Waals surface area contributed by atoms with Gasteiger partial charge in [-0.2, -0.15) is 0 Å². The number of hydrogen-bond donors (Lipinski definition) is 2. The van der Waals surface area contributed by atoms with E-state index >= 15 is 0 Å². The Balaban J connectivity index is 3.32. The molecular weight excluding hydrogens is 214 g/mol. The fraction of sp³-hybridized carbons (Fsp3) is 0.900. The standard InChI is InChI=1S/C10H21NO3S/c1-3-4-9(12)7-11-10(13)8-15-6-5-14-2/h9,12H,3-8H2,1-2H3,(H,11,13). The van der Waals surface area contributed by atoms with Gasteiger partial charge in [-0.1, -0.05) is 13.3 Å². The first kappa shape index (κ1) is 14.7. The van der Waals surface area contributed by atoms with Gasteiger partial charge in [0.15, 0.2) is 0 Å². The maximum atomic E-state index is 11.2. The number of hydrogen-bond acceptors (Lipinski definition) is 4. The van der Waals surface area contributed by atoms with E-state index in [0.717, 1.165) is 18.6 Å². The lowest BCUT2D eigenvalue weighted by molar-refractivity contribution is -0.119. The van der Waals surface area contributed by atoms with E-state index in [1.165, 1.54) is 11.8 Å². The van der Waals surface area contributed by atoms with Crippen molar-refractivity contribution in [3.8, 4) is 0 Å². The third-order valence-corrected chi connectivity index (χ3v) is 2.74. The molecule has 0 saturated carbocycles. The van der Waals surface area contributed by atoms with Gasteiger partial charge in [0.05, 0.1) is 18.5 Å². The summed E-state index contributed by atoms with van der Waals surface area (Å²) in [5.41, 5.74) is 0. The summed E-state index contributed by atoms with van der Waals surface area (Å²) >= 11 is 1.53. The van der Waals surface area contributed by atoms with Crippen molar-refractivity contribution in [1.29, 1.82) is 0 Å². The van der Waals surface area contributed by atoms with E-state index in [-0.39, 0.29) is 5.91 Å². The fourth-order valence-corrected chi connectivity index (χ4v) is 1.74. The Kier molecular flexibility index (Phi) is 10.1. The number of rotatable bonds is 9. The van der Waals surface area contributed by atoms with Crippen LogP contribution in [0.15, 0.2) is 0 Å². The molecule has 0 radical (unpaired) electrons. The van der Waals surface area contributed by atoms with Gasteiger partial charge in [-0.15, -0.1) is 11.8 Å². The zero-order valence-corrected chi connectivity index (χ0v) is 10.3. The number of methoxy groups -OCH3 is 1. The van der Waals surface area contributed by atoms with Gasteiger partial charge in [-0.3, -0.25) is 4.79 Å². The van der Waals surface area contributed by atoms with Gasteiger partial charge in [0.25, 0.3) is 0 Å². The van der Waals surface area contributed by atoms with Crippen LogP contribution in [0.25, 0.3) is 0 Å². The van der Waals surface area contributed by atoms with Crippen LogP contribution in [0, 0.1) is 0 Å². The summed E-state index contributed by atoms with van der Waals surface area (Å²) in [6.07, 6.45) is 1.25. The average Bonchev–Trinajstić information content (AvgIpc) is 2.22. The van der Waals surface area contributed by atoms with E-state index in [1.54, 1.807) is 7.11 Å². The molecule has 1 amide bonds. The number of amides is 1. The van der Waals surface area contributed by atoms with Crippen LogP contribution < -0.4 is 5.32 Å². The second-order valence-corrected chi connectivity index (χ2v) is 4.40. The zero-order valence-electron chi connectivity index (χ0n) is 9.49. The van der Waals surface area contributed by atoms with Crippen molar-refractivity contribution in [2.45, 2.75) is 25.9 Å². The molecule has 15 heavy (non-hydrogen) atoms. The number of ether oxygens (including phenoxy) is 1. The highest BCUT2D eigenvalue weighted by Crippen LogP contribution is 1.99. The largest absolute Gasteiger partial charge is 0.391 e. The van der Waals surface area contributed by atoms with Crippen molar-refractivity contribution in [3.63, 3.8) is 0 Å². The first-order valence-corrected chi connectivity index (χ1v) is 6.37. The van der Waals surface area contributed by atoms with Crippen LogP contribution in [0.3, 0.4) is 0 Å². The van der Waals surface area contributed by atoms with Crippen LogP contribution >= 0.6 is 11.8 Å². The Morgan fingerprint density at radius 3 is 2.93 bits per heavy atom. The summed E-state index contributed by atoms with van der Waals surface area (Å²) in [6.45, 7) is 3.03. The molecule has 0 heterocycles. The second kappa shape index (κ2) is 10.3. The first-order valence-electron chi connectivity index (χ1n) is 5.22. The molecule has 0 aliphatic heterocycles. The fourth-order valence-electron chi connectivity index (χ4n) is 1.03. The summed E-state index contributed by atoms with van der Waals surface area (Å²) in [5, 5.41) is 12.1. The smallest absolute Gasteiger partial charge is 0.230 e.